The van der Waals surface area contributed by atoms with Gasteiger partial charge in [-0.05, 0) is 86.8 Å². The summed E-state index contributed by atoms with van der Waals surface area (Å²) in [6.45, 7) is 11.5. The van der Waals surface area contributed by atoms with E-state index in [1.54, 1.807) is 10.8 Å². The Balaban J connectivity index is 0.000000277. The Morgan fingerprint density at radius 1 is 0.613 bits per heavy atom. The van der Waals surface area contributed by atoms with Gasteiger partial charge in [-0.3, -0.25) is 9.44 Å². The monoisotopic (exact) mass is 1140 g/mol. The average Bonchev–Trinajstić information content (AvgIpc) is 4.03. The van der Waals surface area contributed by atoms with Gasteiger partial charge in [-0.15, -0.1) is 40.9 Å². The highest BCUT2D eigenvalue weighted by Crippen LogP contribution is 2.41. The van der Waals surface area contributed by atoms with Crippen LogP contribution in [0.3, 0.4) is 0 Å². The largest absolute Gasteiger partial charge is 0.516 e. The van der Waals surface area contributed by atoms with Crippen LogP contribution >= 0.6 is 22.7 Å². The third kappa shape index (κ3) is 18.6. The molecule has 0 unspecified atom stereocenters. The normalized spacial score (nSPS) is 14.1. The summed E-state index contributed by atoms with van der Waals surface area (Å²) in [4.78, 5) is 28.2. The van der Waals surface area contributed by atoms with Gasteiger partial charge in [-0.25, -0.2) is 18.0 Å². The number of ether oxygens (including phenoxy) is 2. The van der Waals surface area contributed by atoms with Crippen LogP contribution in [0.15, 0.2) is 44.7 Å². The fourth-order valence-electron chi connectivity index (χ4n) is 7.52. The molecule has 0 radical (unpaired) electrons. The summed E-state index contributed by atoms with van der Waals surface area (Å²) in [5.41, 5.74) is -2.93. The summed E-state index contributed by atoms with van der Waals surface area (Å²) in [6, 6.07) is 6.03. The summed E-state index contributed by atoms with van der Waals surface area (Å²) in [5.74, 6) is -3.34. The molecule has 2 aromatic heterocycles. The highest BCUT2D eigenvalue weighted by atomic mass is 32.2. The molecule has 2 aromatic carbocycles. The fraction of sp³-hybridized carbons (Fsp3) is 0.600. The summed E-state index contributed by atoms with van der Waals surface area (Å²) in [7, 11) is -10.5. The second-order valence-corrected chi connectivity index (χ2v) is 22.6. The Morgan fingerprint density at radius 2 is 1.04 bits per heavy atom. The van der Waals surface area contributed by atoms with Crippen LogP contribution in [-0.4, -0.2) is 106 Å². The number of anilines is 4. The molecule has 4 aromatic rings. The van der Waals surface area contributed by atoms with Crippen molar-refractivity contribution in [3.63, 3.8) is 0 Å². The molecule has 0 atom stereocenters. The maximum atomic E-state index is 13.1. The molecular formula is C45H60F6N12O8S4. The topological polar surface area (TPSA) is 252 Å². The molecule has 2 aliphatic rings. The maximum Gasteiger partial charge on any atom is 0.516 e. The summed E-state index contributed by atoms with van der Waals surface area (Å²) in [6.07, 6.45) is 7.17. The van der Waals surface area contributed by atoms with Gasteiger partial charge >= 0.3 is 33.6 Å². The number of nitrogens with zero attached hydrogens (tertiary/aromatic N) is 10. The molecule has 2 N–H and O–H groups in total. The van der Waals surface area contributed by atoms with Crippen LogP contribution in [0.1, 0.15) is 135 Å². The Kier molecular flexibility index (Phi) is 22.5. The van der Waals surface area contributed by atoms with E-state index < -0.39 is 49.4 Å². The van der Waals surface area contributed by atoms with Crippen LogP contribution in [0.5, 0.6) is 0 Å². The van der Waals surface area contributed by atoms with E-state index in [2.05, 4.69) is 59.6 Å². The molecule has 0 amide bonds. The zero-order valence-corrected chi connectivity index (χ0v) is 45.1. The zero-order chi connectivity index (χ0) is 54.8. The predicted octanol–water partition coefficient (Wildman–Crippen LogP) is 12.3. The van der Waals surface area contributed by atoms with E-state index in [0.717, 1.165) is 117 Å². The molecule has 0 spiro atoms. The van der Waals surface area contributed by atoms with E-state index in [9.17, 15) is 52.8 Å². The Labute approximate surface area is 439 Å². The average molecular weight is 1140 g/mol. The van der Waals surface area contributed by atoms with Gasteiger partial charge in [-0.1, -0.05) is 88.9 Å². The van der Waals surface area contributed by atoms with Crippen molar-refractivity contribution in [3.8, 4) is 0 Å². The molecule has 4 heterocycles. The van der Waals surface area contributed by atoms with Gasteiger partial charge in [-0.2, -0.15) is 34.8 Å². The lowest BCUT2D eigenvalue weighted by Crippen LogP contribution is -2.32. The van der Waals surface area contributed by atoms with Crippen molar-refractivity contribution >= 4 is 99.0 Å². The molecule has 0 saturated heterocycles. The van der Waals surface area contributed by atoms with Crippen LogP contribution < -0.4 is 19.2 Å². The lowest BCUT2D eigenvalue weighted by atomic mass is 9.99. The summed E-state index contributed by atoms with van der Waals surface area (Å²) < 4.78 is 140. The van der Waals surface area contributed by atoms with Gasteiger partial charge < -0.3 is 19.3 Å². The molecule has 6 rings (SSSR count). The van der Waals surface area contributed by atoms with Crippen LogP contribution in [0.2, 0.25) is 0 Å². The Bertz CT molecular complexity index is 2830. The first-order chi connectivity index (χ1) is 35.6. The minimum atomic E-state index is -5.70. The number of unbranched alkanes of at least 4 members (excludes halogenated alkanes) is 6. The number of fused-ring (bicyclic) bond motifs is 2. The van der Waals surface area contributed by atoms with Gasteiger partial charge in [0.25, 0.3) is 10.3 Å². The number of rotatable bonds is 25. The van der Waals surface area contributed by atoms with Gasteiger partial charge in [0.15, 0.2) is 5.75 Å². The first-order valence-electron chi connectivity index (χ1n) is 24.4. The number of nitrogens with one attached hydrogen (secondary N) is 2. The predicted molar refractivity (Wildman–Crippen MR) is 274 cm³/mol. The van der Waals surface area contributed by atoms with Crippen molar-refractivity contribution in [2.75, 3.05) is 64.4 Å². The quantitative estimate of drug-likeness (QED) is 0.0271. The molecule has 414 valence electrons. The fourth-order valence-corrected chi connectivity index (χ4v) is 10.2. The van der Waals surface area contributed by atoms with Gasteiger partial charge in [0.05, 0.1) is 24.6 Å². The summed E-state index contributed by atoms with van der Waals surface area (Å²) in [5, 5.41) is 30.8. The lowest BCUT2D eigenvalue weighted by Gasteiger charge is -2.32. The Hall–Kier alpha value is -5.62. The van der Waals surface area contributed by atoms with Gasteiger partial charge in [0.2, 0.25) is 20.0 Å². The Morgan fingerprint density at radius 3 is 1.44 bits per heavy atom. The minimum absolute atomic E-state index is 0.00968. The third-order valence-electron chi connectivity index (χ3n) is 11.2. The van der Waals surface area contributed by atoms with Crippen molar-refractivity contribution in [3.05, 3.63) is 45.4 Å². The third-order valence-corrected chi connectivity index (χ3v) is 15.1. The first-order valence-corrected chi connectivity index (χ1v) is 29.2. The van der Waals surface area contributed by atoms with Gasteiger partial charge in [0.1, 0.15) is 11.4 Å². The number of halogens is 6. The van der Waals surface area contributed by atoms with Gasteiger partial charge in [0, 0.05) is 37.6 Å². The number of hydrogen-bond donors (Lipinski definition) is 2. The number of alkyl halides is 6. The summed E-state index contributed by atoms with van der Waals surface area (Å²) >= 11 is 1.63. The molecule has 0 saturated carbocycles. The van der Waals surface area contributed by atoms with E-state index in [0.29, 0.717) is 44.5 Å². The van der Waals surface area contributed by atoms with E-state index in [1.807, 2.05) is 23.5 Å². The van der Waals surface area contributed by atoms with E-state index in [-0.39, 0.29) is 56.2 Å². The van der Waals surface area contributed by atoms with Crippen LogP contribution in [0, 0.1) is 0 Å². The smallest absolute Gasteiger partial charge is 0.460 e. The molecule has 30 heteroatoms. The molecule has 75 heavy (non-hydrogen) atoms. The minimum Gasteiger partial charge on any atom is -0.460 e. The number of azo groups is 2. The zero-order valence-electron chi connectivity index (χ0n) is 41.8. The van der Waals surface area contributed by atoms with Crippen molar-refractivity contribution in [2.45, 2.75) is 129 Å². The molecule has 2 aliphatic heterocycles. The standard InChI is InChI=1S/C23H31F3N6O4S2.C22H29F3N6O4S2/c1-3-5-7-10-32-11-8-9-16-13-17(18(14-19(16)32)31-38(34,35)15-23(24,25)26)27-29-22-30-28-20(37-22)21(33)36-12-6-4-2;1-3-5-7-10-31-11-8-9-15-13-16(17(14-18(15)31)30-37(33,34)22(23,24)25)26-28-21-29-27-19(36-21)20(32)35-12-6-4-2/h13-14,31H,3-12,15H2,1-2H3;13-14,30H,3-12H2,1-2H3. The van der Waals surface area contributed by atoms with Crippen LogP contribution in [-0.2, 0) is 42.4 Å². The van der Waals surface area contributed by atoms with Crippen molar-refractivity contribution < 1.29 is 62.2 Å². The SMILES string of the molecule is CCCCCN1CCCc2cc(N=Nc3nnc(C(=O)OCCCC)s3)c(NS(=O)(=O)C(F)(F)F)cc21.CCCCCN1CCCc2cc(N=Nc3nnc(C(=O)OCCCC)s3)c(NS(=O)(=O)CC(F)(F)F)cc21. The van der Waals surface area contributed by atoms with Crippen molar-refractivity contribution in [1.29, 1.82) is 0 Å². The number of esters is 2. The number of sulfonamides is 2. The van der Waals surface area contributed by atoms with E-state index >= 15 is 0 Å². The number of aromatic nitrogens is 4. The second-order valence-electron chi connectivity index (χ2n) is 17.3. The highest BCUT2D eigenvalue weighted by Gasteiger charge is 2.46. The highest BCUT2D eigenvalue weighted by molar-refractivity contribution is 7.93. The molecule has 0 bridgehead atoms. The number of hydrogen-bond acceptors (Lipinski definition) is 20. The number of aryl methyl sites for hydroxylation is 2. The maximum absolute atomic E-state index is 13.1. The van der Waals surface area contributed by atoms with Crippen molar-refractivity contribution in [1.82, 2.24) is 20.4 Å². The number of carbonyl (C=O) groups excluding carboxylic acids is 2. The molecule has 0 fully saturated rings. The molecule has 0 aliphatic carbocycles. The molecular weight excluding hydrogens is 1080 g/mol. The van der Waals surface area contributed by atoms with Crippen LogP contribution in [0.4, 0.5) is 70.7 Å². The van der Waals surface area contributed by atoms with E-state index in [1.165, 1.54) is 18.2 Å². The lowest BCUT2D eigenvalue weighted by molar-refractivity contribution is -0.106. The number of carbonyl (C=O) groups is 2. The first kappa shape index (κ1) is 60.2. The molecule has 20 nitrogen and oxygen atoms in total. The van der Waals surface area contributed by atoms with E-state index in [4.69, 9.17) is 9.47 Å². The van der Waals surface area contributed by atoms with Crippen molar-refractivity contribution in [2.24, 2.45) is 20.5 Å². The number of benzene rings is 2. The second kappa shape index (κ2) is 28.0. The van der Waals surface area contributed by atoms with Crippen LogP contribution in [0.25, 0.3) is 0 Å².